The lowest BCUT2D eigenvalue weighted by molar-refractivity contribution is 1.37. The van der Waals surface area contributed by atoms with E-state index in [1.165, 1.54) is 0 Å². The molecule has 0 radical (unpaired) electrons. The van der Waals surface area contributed by atoms with Gasteiger partial charge >= 0.3 is 6.00 Å². The Hall–Kier alpha value is 0.0469. The highest BCUT2D eigenvalue weighted by atomic mass is 35.8. The second-order valence-corrected chi connectivity index (χ2v) is 12.4. The molecule has 0 fully saturated rings. The Balaban J connectivity index is 2.79. The molecule has 1 aromatic carbocycles. The first-order valence-corrected chi connectivity index (χ1v) is 9.44. The second-order valence-electron chi connectivity index (χ2n) is 3.27. The van der Waals surface area contributed by atoms with Crippen LogP contribution in [0.3, 0.4) is 0 Å². The molecule has 0 N–H and O–H groups in total. The molecule has 0 aliphatic carbocycles. The molecule has 0 amide bonds. The summed E-state index contributed by atoms with van der Waals surface area (Å²) in [7, 11) is 0. The highest BCUT2D eigenvalue weighted by molar-refractivity contribution is 7.64. The molecule has 0 saturated heterocycles. The molecule has 0 unspecified atom stereocenters. The lowest BCUT2D eigenvalue weighted by Gasteiger charge is -2.08. The molecule has 0 atom stereocenters. The number of halogens is 3. The zero-order valence-electron chi connectivity index (χ0n) is 7.86. The summed E-state index contributed by atoms with van der Waals surface area (Å²) in [6.45, 7) is 5.83. The van der Waals surface area contributed by atoms with Crippen molar-refractivity contribution in [1.29, 1.82) is 0 Å². The normalized spacial score (nSPS) is 11.4. The van der Waals surface area contributed by atoms with Crippen LogP contribution in [0.25, 0.3) is 5.57 Å². The van der Waals surface area contributed by atoms with Gasteiger partial charge in [-0.2, -0.15) is 0 Å². The van der Waals surface area contributed by atoms with E-state index in [0.29, 0.717) is 6.04 Å². The molecule has 4 heteroatoms. The molecule has 0 bridgehead atoms. The average Bonchev–Trinajstić information content (AvgIpc) is 2.02. The Bertz CT molecular complexity index is 324. The van der Waals surface area contributed by atoms with Crippen LogP contribution in [-0.2, 0) is 6.04 Å². The summed E-state index contributed by atoms with van der Waals surface area (Å²) in [5, 5.41) is 0. The molecule has 0 spiro atoms. The van der Waals surface area contributed by atoms with Gasteiger partial charge in [-0.05, 0) is 18.1 Å². The van der Waals surface area contributed by atoms with Crippen molar-refractivity contribution >= 4 is 44.8 Å². The quantitative estimate of drug-likeness (QED) is 0.559. The lowest BCUT2D eigenvalue weighted by Crippen LogP contribution is -2.14. The molecule has 14 heavy (non-hydrogen) atoms. The van der Waals surface area contributed by atoms with Gasteiger partial charge in [-0.1, -0.05) is 36.4 Å². The van der Waals surface area contributed by atoms with Crippen LogP contribution < -0.4 is 0 Å². The highest BCUT2D eigenvalue weighted by Crippen LogP contribution is 2.25. The topological polar surface area (TPSA) is 0 Å². The fourth-order valence-corrected chi connectivity index (χ4v) is 3.23. The summed E-state index contributed by atoms with van der Waals surface area (Å²) >= 11 is 17.5. The highest BCUT2D eigenvalue weighted by Gasteiger charge is 2.24. The third-order valence-corrected chi connectivity index (χ3v) is 3.86. The minimum atomic E-state index is -2.55. The smallest absolute Gasteiger partial charge is 0.126 e. The minimum absolute atomic E-state index is 0.564. The maximum Gasteiger partial charge on any atom is 0.345 e. The van der Waals surface area contributed by atoms with Gasteiger partial charge in [0.15, 0.2) is 0 Å². The van der Waals surface area contributed by atoms with Crippen molar-refractivity contribution in [2.75, 3.05) is 0 Å². The van der Waals surface area contributed by atoms with Gasteiger partial charge in [0.05, 0.1) is 0 Å². The van der Waals surface area contributed by atoms with Crippen molar-refractivity contribution in [3.05, 3.63) is 42.0 Å². The molecule has 0 aliphatic heterocycles. The van der Waals surface area contributed by atoms with Crippen LogP contribution in [0.15, 0.2) is 30.8 Å². The predicted octanol–water partition coefficient (Wildman–Crippen LogP) is 4.46. The largest absolute Gasteiger partial charge is 0.345 e. The van der Waals surface area contributed by atoms with Crippen LogP contribution in [-0.4, -0.2) is 6.00 Å². The molecule has 0 heterocycles. The van der Waals surface area contributed by atoms with Crippen LogP contribution in [0.4, 0.5) is 0 Å². The van der Waals surface area contributed by atoms with Gasteiger partial charge in [0, 0.05) is 6.04 Å². The average molecular weight is 266 g/mol. The molecule has 1 aromatic rings. The van der Waals surface area contributed by atoms with Crippen LogP contribution in [0.1, 0.15) is 18.1 Å². The maximum atomic E-state index is 5.82. The number of allylic oxidation sites excluding steroid dienone is 1. The van der Waals surface area contributed by atoms with Gasteiger partial charge in [0.1, 0.15) is 0 Å². The van der Waals surface area contributed by atoms with E-state index in [9.17, 15) is 0 Å². The summed E-state index contributed by atoms with van der Waals surface area (Å²) in [6, 6.07) is 5.99. The molecule has 0 nitrogen and oxygen atoms in total. The van der Waals surface area contributed by atoms with Crippen LogP contribution >= 0.6 is 33.2 Å². The fourth-order valence-electron chi connectivity index (χ4n) is 1.14. The first-order valence-electron chi connectivity index (χ1n) is 4.20. The summed E-state index contributed by atoms with van der Waals surface area (Å²) in [6.07, 6.45) is 0. The molecular weight excluding hydrogens is 255 g/mol. The number of benzene rings is 1. The molecule has 1 rings (SSSR count). The van der Waals surface area contributed by atoms with Crippen LogP contribution in [0, 0.1) is 0 Å². The van der Waals surface area contributed by atoms with Crippen molar-refractivity contribution < 1.29 is 0 Å². The first kappa shape index (κ1) is 12.1. The fraction of sp³-hybridized carbons (Fsp3) is 0.200. The van der Waals surface area contributed by atoms with E-state index in [1.54, 1.807) is 0 Å². The van der Waals surface area contributed by atoms with E-state index in [1.807, 2.05) is 31.2 Å². The zero-order valence-corrected chi connectivity index (χ0v) is 11.1. The van der Waals surface area contributed by atoms with E-state index in [-0.39, 0.29) is 0 Å². The summed E-state index contributed by atoms with van der Waals surface area (Å²) in [5.74, 6) is 0. The SMILES string of the molecule is C=C(C)c1ccc(C[Si](Cl)(Cl)Cl)cc1. The molecular formula is C10H11Cl3Si. The number of hydrogen-bond donors (Lipinski definition) is 0. The van der Waals surface area contributed by atoms with E-state index in [0.717, 1.165) is 16.7 Å². The van der Waals surface area contributed by atoms with E-state index in [2.05, 4.69) is 6.58 Å². The van der Waals surface area contributed by atoms with Crippen molar-refractivity contribution in [3.8, 4) is 0 Å². The van der Waals surface area contributed by atoms with Gasteiger partial charge in [-0.25, -0.2) is 0 Å². The Morgan fingerprint density at radius 1 is 1.21 bits per heavy atom. The number of rotatable bonds is 3. The van der Waals surface area contributed by atoms with E-state index in [4.69, 9.17) is 33.2 Å². The second kappa shape index (κ2) is 4.71. The summed E-state index contributed by atoms with van der Waals surface area (Å²) in [5.41, 5.74) is 3.24. The van der Waals surface area contributed by atoms with Gasteiger partial charge in [-0.15, -0.1) is 33.2 Å². The molecule has 76 valence electrons. The monoisotopic (exact) mass is 264 g/mol. The zero-order chi connectivity index (χ0) is 10.8. The van der Waals surface area contributed by atoms with Crippen LogP contribution in [0.5, 0.6) is 0 Å². The number of hydrogen-bond acceptors (Lipinski definition) is 0. The first-order chi connectivity index (χ1) is 6.38. The summed E-state index contributed by atoms with van der Waals surface area (Å²) < 4.78 is 0. The molecule has 0 aliphatic rings. The molecule has 0 aromatic heterocycles. The van der Waals surface area contributed by atoms with Crippen molar-refractivity contribution in [2.24, 2.45) is 0 Å². The van der Waals surface area contributed by atoms with Gasteiger partial charge in [0.25, 0.3) is 0 Å². The van der Waals surface area contributed by atoms with Gasteiger partial charge < -0.3 is 0 Å². The van der Waals surface area contributed by atoms with Gasteiger partial charge in [0.2, 0.25) is 0 Å². The maximum absolute atomic E-state index is 5.82. The standard InChI is InChI=1S/C10H11Cl3Si/c1-8(2)10-5-3-9(4-6-10)7-14(11,12)13/h3-6H,1,7H2,2H3. The predicted molar refractivity (Wildman–Crippen MR) is 68.2 cm³/mol. The van der Waals surface area contributed by atoms with Gasteiger partial charge in [-0.3, -0.25) is 0 Å². The van der Waals surface area contributed by atoms with Crippen molar-refractivity contribution in [3.63, 3.8) is 0 Å². The van der Waals surface area contributed by atoms with E-state index >= 15 is 0 Å². The minimum Gasteiger partial charge on any atom is -0.126 e. The summed E-state index contributed by atoms with van der Waals surface area (Å²) in [4.78, 5) is 0. The van der Waals surface area contributed by atoms with Crippen molar-refractivity contribution in [2.45, 2.75) is 13.0 Å². The molecule has 0 saturated carbocycles. The third-order valence-electron chi connectivity index (χ3n) is 1.85. The van der Waals surface area contributed by atoms with E-state index < -0.39 is 6.00 Å². The Morgan fingerprint density at radius 3 is 2.07 bits per heavy atom. The Labute approximate surface area is 99.6 Å². The third kappa shape index (κ3) is 4.05. The van der Waals surface area contributed by atoms with Crippen molar-refractivity contribution in [1.82, 2.24) is 0 Å². The Morgan fingerprint density at radius 2 is 1.71 bits per heavy atom. The Kier molecular flexibility index (Phi) is 4.08. The lowest BCUT2D eigenvalue weighted by atomic mass is 10.1. The van der Waals surface area contributed by atoms with Crippen LogP contribution in [0.2, 0.25) is 0 Å².